The zero-order chi connectivity index (χ0) is 19.6. The van der Waals surface area contributed by atoms with E-state index in [0.29, 0.717) is 13.2 Å². The van der Waals surface area contributed by atoms with Crippen molar-refractivity contribution in [2.45, 2.75) is 105 Å². The molecule has 4 nitrogen and oxygen atoms in total. The molecule has 5 heteroatoms. The van der Waals surface area contributed by atoms with E-state index in [1.165, 1.54) is 38.5 Å². The van der Waals surface area contributed by atoms with Crippen molar-refractivity contribution in [3.8, 4) is 0 Å². The molecular weight excluding hydrogens is 351 g/mol. The summed E-state index contributed by atoms with van der Waals surface area (Å²) < 4.78 is 10.3. The Morgan fingerprint density at radius 1 is 0.593 bits per heavy atom. The number of carbonyl (C=O) groups excluding carboxylic acids is 2. The predicted molar refractivity (Wildman–Crippen MR) is 113 cm³/mol. The van der Waals surface area contributed by atoms with E-state index in [1.54, 1.807) is 0 Å². The van der Waals surface area contributed by atoms with Gasteiger partial charge in [-0.25, -0.2) is 0 Å². The number of carbonyl (C=O) groups is 2. The zero-order valence-corrected chi connectivity index (χ0v) is 20.7. The van der Waals surface area contributed by atoms with Crippen LogP contribution in [0, 0.1) is 11.8 Å². The van der Waals surface area contributed by atoms with E-state index in [0.717, 1.165) is 37.5 Å². The molecule has 0 atom stereocenters. The van der Waals surface area contributed by atoms with Crippen LogP contribution >= 0.6 is 0 Å². The first kappa shape index (κ1) is 29.1. The molecule has 0 fully saturated rings. The largest absolute Gasteiger partial charge is 0.466 e. The van der Waals surface area contributed by atoms with Gasteiger partial charge < -0.3 is 9.47 Å². The van der Waals surface area contributed by atoms with Crippen molar-refractivity contribution in [1.82, 2.24) is 0 Å². The van der Waals surface area contributed by atoms with Crippen molar-refractivity contribution in [2.75, 3.05) is 13.2 Å². The van der Waals surface area contributed by atoms with Gasteiger partial charge in [0, 0.05) is 29.6 Å². The Morgan fingerprint density at radius 2 is 0.926 bits per heavy atom. The summed E-state index contributed by atoms with van der Waals surface area (Å²) in [5, 5.41) is 0. The Bertz CT molecular complexity index is 322. The normalized spacial score (nSPS) is 10.7. The Kier molecular flexibility index (Phi) is 22.3. The molecule has 0 aromatic heterocycles. The minimum Gasteiger partial charge on any atom is -0.466 e. The SMILES string of the molecule is CC(C)CCCCCCOC(=O)CCC(=O)OCCCCCCC(C)C.[Na]. The summed E-state index contributed by atoms with van der Waals surface area (Å²) in [5.41, 5.74) is 0. The minimum absolute atomic E-state index is 0. The van der Waals surface area contributed by atoms with Gasteiger partial charge in [0.2, 0.25) is 0 Å². The molecule has 0 saturated carbocycles. The van der Waals surface area contributed by atoms with E-state index >= 15 is 0 Å². The number of ether oxygens (including phenoxy) is 2. The van der Waals surface area contributed by atoms with Gasteiger partial charge in [0.25, 0.3) is 0 Å². The molecule has 0 spiro atoms. The van der Waals surface area contributed by atoms with Gasteiger partial charge in [-0.15, -0.1) is 0 Å². The van der Waals surface area contributed by atoms with Gasteiger partial charge in [0.15, 0.2) is 0 Å². The molecule has 0 aromatic rings. The van der Waals surface area contributed by atoms with Gasteiger partial charge in [0.1, 0.15) is 0 Å². The smallest absolute Gasteiger partial charge is 0.306 e. The second kappa shape index (κ2) is 20.7. The van der Waals surface area contributed by atoms with Gasteiger partial charge in [-0.05, 0) is 24.7 Å². The average Bonchev–Trinajstić information content (AvgIpc) is 2.57. The number of unbranched alkanes of at least 4 members (excludes halogenated alkanes) is 6. The van der Waals surface area contributed by atoms with E-state index in [4.69, 9.17) is 9.47 Å². The van der Waals surface area contributed by atoms with E-state index in [2.05, 4.69) is 27.7 Å². The van der Waals surface area contributed by atoms with Crippen LogP contribution in [-0.4, -0.2) is 54.7 Å². The van der Waals surface area contributed by atoms with E-state index in [-0.39, 0.29) is 54.3 Å². The molecule has 0 N–H and O–H groups in total. The summed E-state index contributed by atoms with van der Waals surface area (Å²) in [5.74, 6) is 0.936. The topological polar surface area (TPSA) is 52.6 Å². The van der Waals surface area contributed by atoms with Crippen LogP contribution in [-0.2, 0) is 19.1 Å². The first-order valence-corrected chi connectivity index (χ1v) is 10.7. The van der Waals surface area contributed by atoms with Gasteiger partial charge in [-0.1, -0.05) is 79.1 Å². The monoisotopic (exact) mass is 393 g/mol. The third-order valence-electron chi connectivity index (χ3n) is 4.41. The minimum atomic E-state index is -0.294. The summed E-state index contributed by atoms with van der Waals surface area (Å²) in [6.07, 6.45) is 11.7. The van der Waals surface area contributed by atoms with Crippen LogP contribution in [0.4, 0.5) is 0 Å². The number of esters is 2. The summed E-state index contributed by atoms with van der Waals surface area (Å²) in [7, 11) is 0. The average molecular weight is 394 g/mol. The zero-order valence-electron chi connectivity index (χ0n) is 18.7. The molecule has 0 unspecified atom stereocenters. The van der Waals surface area contributed by atoms with E-state index in [9.17, 15) is 9.59 Å². The Labute approximate surface area is 189 Å². The molecule has 27 heavy (non-hydrogen) atoms. The van der Waals surface area contributed by atoms with Crippen LogP contribution in [0.2, 0.25) is 0 Å². The number of rotatable bonds is 17. The van der Waals surface area contributed by atoms with Crippen molar-refractivity contribution < 1.29 is 19.1 Å². The Balaban J connectivity index is 0. The van der Waals surface area contributed by atoms with Crippen molar-refractivity contribution in [3.63, 3.8) is 0 Å². The summed E-state index contributed by atoms with van der Waals surface area (Å²) >= 11 is 0. The molecule has 155 valence electrons. The fourth-order valence-electron chi connectivity index (χ4n) is 2.74. The predicted octanol–water partition coefficient (Wildman–Crippen LogP) is 5.69. The fraction of sp³-hybridized carbons (Fsp3) is 0.909. The molecule has 0 aliphatic heterocycles. The molecular formula is C22H42NaO4. The fourth-order valence-corrected chi connectivity index (χ4v) is 2.74. The van der Waals surface area contributed by atoms with E-state index < -0.39 is 0 Å². The van der Waals surface area contributed by atoms with Crippen LogP contribution in [0.25, 0.3) is 0 Å². The third kappa shape index (κ3) is 23.9. The van der Waals surface area contributed by atoms with Crippen LogP contribution in [0.3, 0.4) is 0 Å². The maximum absolute atomic E-state index is 11.6. The summed E-state index contributed by atoms with van der Waals surface area (Å²) in [6, 6.07) is 0. The summed E-state index contributed by atoms with van der Waals surface area (Å²) in [6.45, 7) is 9.88. The molecule has 0 bridgehead atoms. The second-order valence-electron chi connectivity index (χ2n) is 8.13. The van der Waals surface area contributed by atoms with Gasteiger partial charge >= 0.3 is 11.9 Å². The van der Waals surface area contributed by atoms with E-state index in [1.807, 2.05) is 0 Å². The number of hydrogen-bond acceptors (Lipinski definition) is 4. The van der Waals surface area contributed by atoms with Crippen molar-refractivity contribution in [1.29, 1.82) is 0 Å². The standard InChI is InChI=1S/C22H42O4.Na/c1-19(2)13-9-5-7-11-17-25-21(23)15-16-22(24)26-18-12-8-6-10-14-20(3)4;/h19-20H,5-18H2,1-4H3;. The molecule has 0 saturated heterocycles. The molecule has 1 radical (unpaired) electrons. The molecule has 0 amide bonds. The Hall–Kier alpha value is -0.0600. The van der Waals surface area contributed by atoms with Gasteiger partial charge in [-0.3, -0.25) is 9.59 Å². The van der Waals surface area contributed by atoms with Crippen LogP contribution in [0.15, 0.2) is 0 Å². The van der Waals surface area contributed by atoms with Crippen molar-refractivity contribution >= 4 is 41.5 Å². The maximum atomic E-state index is 11.6. The molecule has 0 aromatic carbocycles. The Morgan fingerprint density at radius 3 is 1.26 bits per heavy atom. The molecule has 0 aliphatic carbocycles. The molecule has 0 aliphatic rings. The van der Waals surface area contributed by atoms with Crippen LogP contribution in [0.5, 0.6) is 0 Å². The number of hydrogen-bond donors (Lipinski definition) is 0. The first-order valence-electron chi connectivity index (χ1n) is 10.7. The first-order chi connectivity index (χ1) is 12.4. The van der Waals surface area contributed by atoms with Gasteiger partial charge in [-0.2, -0.15) is 0 Å². The summed E-state index contributed by atoms with van der Waals surface area (Å²) in [4.78, 5) is 23.2. The molecule has 0 heterocycles. The maximum Gasteiger partial charge on any atom is 0.306 e. The molecule has 0 rings (SSSR count). The van der Waals surface area contributed by atoms with Crippen molar-refractivity contribution in [2.24, 2.45) is 11.8 Å². The quantitative estimate of drug-likeness (QED) is 0.181. The van der Waals surface area contributed by atoms with Crippen LogP contribution < -0.4 is 0 Å². The van der Waals surface area contributed by atoms with Crippen LogP contribution in [0.1, 0.15) is 105 Å². The van der Waals surface area contributed by atoms with Crippen molar-refractivity contribution in [3.05, 3.63) is 0 Å². The van der Waals surface area contributed by atoms with Gasteiger partial charge in [0.05, 0.1) is 26.1 Å². The second-order valence-corrected chi connectivity index (χ2v) is 8.13. The third-order valence-corrected chi connectivity index (χ3v) is 4.41.